The highest BCUT2D eigenvalue weighted by atomic mass is 31.2. The van der Waals surface area contributed by atoms with E-state index in [4.69, 9.17) is 30.4 Å². The number of halogens is 1. The summed E-state index contributed by atoms with van der Waals surface area (Å²) in [6.45, 7) is 2.42. The molecule has 3 aromatic rings. The first kappa shape index (κ1) is 32.2. The van der Waals surface area contributed by atoms with Crippen molar-refractivity contribution in [1.82, 2.24) is 15.0 Å². The Morgan fingerprint density at radius 3 is 2.25 bits per heavy atom. The molecular formula is C23H28FN8O11P. The lowest BCUT2D eigenvalue weighted by molar-refractivity contribution is -0.168. The number of fused-ring (bicyclic) bond motifs is 1. The Labute approximate surface area is 247 Å². The number of amides is 1. The summed E-state index contributed by atoms with van der Waals surface area (Å²) < 4.78 is 52.0. The smallest absolute Gasteiger partial charge is 0.474 e. The Hall–Kier alpha value is -4.72. The summed E-state index contributed by atoms with van der Waals surface area (Å²) in [6, 6.07) is -0.448. The van der Waals surface area contributed by atoms with Crippen LogP contribution in [0.3, 0.4) is 0 Å². The summed E-state index contributed by atoms with van der Waals surface area (Å²) in [4.78, 5) is 43.7. The molecule has 21 heteroatoms. The zero-order chi connectivity index (χ0) is 32.8. The van der Waals surface area contributed by atoms with Gasteiger partial charge in [0.1, 0.15) is 5.69 Å². The number of hydrogen-bond acceptors (Lipinski definition) is 16. The van der Waals surface area contributed by atoms with E-state index in [0.717, 1.165) is 6.20 Å². The molecule has 0 saturated heterocycles. The number of benzene rings is 1. The molecule has 0 bridgehead atoms. The molecule has 10 N–H and O–H groups in total. The molecule has 1 aromatic carbocycles. The molecule has 1 aliphatic rings. The van der Waals surface area contributed by atoms with Gasteiger partial charge in [-0.05, 0) is 13.8 Å². The number of phosphoric ester groups is 1. The lowest BCUT2D eigenvalue weighted by atomic mass is 10.0. The third kappa shape index (κ3) is 6.16. The van der Waals surface area contributed by atoms with Crippen molar-refractivity contribution >= 4 is 48.5 Å². The van der Waals surface area contributed by atoms with E-state index in [9.17, 15) is 33.7 Å². The second-order valence-electron chi connectivity index (χ2n) is 9.42. The number of carbonyl (C=O) groups excluding carboxylic acids is 1. The van der Waals surface area contributed by atoms with Crippen molar-refractivity contribution < 1.29 is 57.2 Å². The average Bonchev–Trinajstić information content (AvgIpc) is 2.92. The number of hydrogen-bond donors (Lipinski definition) is 8. The van der Waals surface area contributed by atoms with Gasteiger partial charge in [0.15, 0.2) is 51.9 Å². The normalized spacial score (nSPS) is 15.5. The molecule has 0 saturated carbocycles. The lowest BCUT2D eigenvalue weighted by Crippen LogP contribution is -2.67. The molecule has 1 unspecified atom stereocenters. The second-order valence-corrected chi connectivity index (χ2v) is 10.6. The standard InChI is InChI=1S/C23H28FN8O11P/c1-22(2)20(34)32(23(26,35)43-44(36,37)38)19-16(42-22)13(25)14(33)18(30-19)29-17-10(24)8-27-21(31-17)28-9-6-11(39-3)15(41-5)12(7-9)40-4/h6-8,33,35H,26H2,1-5H3,(H2,36,37,38)(H4,25,27,28,29,30,31). The number of nitrogens with two attached hydrogens (primary N) is 2. The number of nitrogens with zero attached hydrogens (tertiary/aromatic N) is 4. The van der Waals surface area contributed by atoms with Gasteiger partial charge in [-0.1, -0.05) is 0 Å². The van der Waals surface area contributed by atoms with E-state index in [1.54, 1.807) is 0 Å². The molecule has 3 heterocycles. The maximum absolute atomic E-state index is 14.8. The van der Waals surface area contributed by atoms with Crippen LogP contribution in [0, 0.1) is 5.82 Å². The Bertz CT molecular complexity index is 1640. The van der Waals surface area contributed by atoms with Crippen LogP contribution in [0.4, 0.5) is 39.2 Å². The summed E-state index contributed by atoms with van der Waals surface area (Å²) in [5.74, 6) is -4.80. The molecule has 2 aromatic heterocycles. The minimum atomic E-state index is -5.51. The molecule has 44 heavy (non-hydrogen) atoms. The van der Waals surface area contributed by atoms with Crippen LogP contribution in [0.1, 0.15) is 13.8 Å². The molecule has 0 radical (unpaired) electrons. The second kappa shape index (κ2) is 11.4. The van der Waals surface area contributed by atoms with Gasteiger partial charge in [0.2, 0.25) is 11.7 Å². The summed E-state index contributed by atoms with van der Waals surface area (Å²) in [5.41, 5.74) is 9.51. The number of ether oxygens (including phenoxy) is 4. The lowest BCUT2D eigenvalue weighted by Gasteiger charge is -2.43. The minimum Gasteiger partial charge on any atom is -0.503 e. The number of nitrogens with one attached hydrogen (secondary N) is 2. The number of anilines is 6. The molecule has 0 fully saturated rings. The fraction of sp³-hybridized carbons (Fsp3) is 0.304. The fourth-order valence-electron chi connectivity index (χ4n) is 3.99. The summed E-state index contributed by atoms with van der Waals surface area (Å²) >= 11 is 0. The van der Waals surface area contributed by atoms with Crippen molar-refractivity contribution in [3.05, 3.63) is 24.1 Å². The zero-order valence-corrected chi connectivity index (χ0v) is 24.5. The van der Waals surface area contributed by atoms with Gasteiger partial charge in [0, 0.05) is 17.8 Å². The maximum atomic E-state index is 14.8. The maximum Gasteiger partial charge on any atom is 0.474 e. The van der Waals surface area contributed by atoms with E-state index < -0.39 is 65.8 Å². The van der Waals surface area contributed by atoms with Crippen LogP contribution in [0.15, 0.2) is 18.3 Å². The summed E-state index contributed by atoms with van der Waals surface area (Å²) in [6.07, 6.45) is 0.780. The predicted molar refractivity (Wildman–Crippen MR) is 149 cm³/mol. The third-order valence-corrected chi connectivity index (χ3v) is 6.41. The van der Waals surface area contributed by atoms with Gasteiger partial charge in [-0.15, -0.1) is 0 Å². The Morgan fingerprint density at radius 1 is 1.09 bits per heavy atom. The molecule has 0 aliphatic carbocycles. The Kier molecular flexibility index (Phi) is 8.35. The van der Waals surface area contributed by atoms with E-state index in [1.807, 2.05) is 0 Å². The van der Waals surface area contributed by atoms with Crippen LogP contribution in [0.5, 0.6) is 28.7 Å². The first-order chi connectivity index (χ1) is 20.4. The van der Waals surface area contributed by atoms with Crippen molar-refractivity contribution in [2.24, 2.45) is 5.73 Å². The van der Waals surface area contributed by atoms with Crippen LogP contribution >= 0.6 is 7.82 Å². The van der Waals surface area contributed by atoms with Crippen molar-refractivity contribution in [2.45, 2.75) is 25.5 Å². The van der Waals surface area contributed by atoms with Gasteiger partial charge in [-0.25, -0.2) is 28.3 Å². The van der Waals surface area contributed by atoms with Gasteiger partial charge < -0.3 is 55.3 Å². The highest BCUT2D eigenvalue weighted by molar-refractivity contribution is 7.46. The number of phosphoric acid groups is 1. The van der Waals surface area contributed by atoms with Gasteiger partial charge in [-0.3, -0.25) is 10.5 Å². The minimum absolute atomic E-state index is 0.152. The summed E-state index contributed by atoms with van der Waals surface area (Å²) in [7, 11) is -1.27. The molecule has 1 atom stereocenters. The number of aliphatic hydroxyl groups is 1. The number of aromatic nitrogens is 3. The van der Waals surface area contributed by atoms with E-state index >= 15 is 0 Å². The molecule has 4 rings (SSSR count). The molecule has 0 spiro atoms. The van der Waals surface area contributed by atoms with Gasteiger partial charge in [0.05, 0.1) is 27.5 Å². The largest absolute Gasteiger partial charge is 0.503 e. The van der Waals surface area contributed by atoms with E-state index in [0.29, 0.717) is 22.9 Å². The molecule has 19 nitrogen and oxygen atoms in total. The van der Waals surface area contributed by atoms with E-state index in [-0.39, 0.29) is 10.8 Å². The zero-order valence-electron chi connectivity index (χ0n) is 23.6. The SMILES string of the molecule is COc1cc(Nc2ncc(F)c(Nc3nc4c(c(N)c3O)OC(C)(C)C(=O)N4C(N)(O)OP(=O)(O)O)n2)cc(OC)c1OC. The number of nitrogen functional groups attached to an aromatic ring is 1. The highest BCUT2D eigenvalue weighted by Crippen LogP contribution is 2.50. The molecular weight excluding hydrogens is 614 g/mol. The number of pyridine rings is 1. The first-order valence-corrected chi connectivity index (χ1v) is 13.7. The van der Waals surface area contributed by atoms with Crippen LogP contribution < -0.4 is 45.9 Å². The van der Waals surface area contributed by atoms with Crippen LogP contribution in [0.25, 0.3) is 0 Å². The van der Waals surface area contributed by atoms with Crippen LogP contribution in [-0.2, 0) is 13.9 Å². The topological polar surface area (TPSA) is 279 Å². The van der Waals surface area contributed by atoms with Gasteiger partial charge in [-0.2, -0.15) is 4.98 Å². The van der Waals surface area contributed by atoms with Gasteiger partial charge in [0.25, 0.3) is 5.91 Å². The van der Waals surface area contributed by atoms with E-state index in [1.165, 1.54) is 47.3 Å². The third-order valence-electron chi connectivity index (χ3n) is 5.91. The predicted octanol–water partition coefficient (Wildman–Crippen LogP) is 0.987. The first-order valence-electron chi connectivity index (χ1n) is 12.1. The quantitative estimate of drug-likeness (QED) is 0.113. The number of carbonyl (C=O) groups is 1. The number of methoxy groups -OCH3 is 3. The molecule has 1 amide bonds. The molecule has 1 aliphatic heterocycles. The summed E-state index contributed by atoms with van der Waals surface area (Å²) in [5, 5.41) is 26.6. The van der Waals surface area contributed by atoms with Gasteiger partial charge >= 0.3 is 13.9 Å². The monoisotopic (exact) mass is 642 g/mol. The Morgan fingerprint density at radius 2 is 1.70 bits per heavy atom. The average molecular weight is 642 g/mol. The van der Waals surface area contributed by atoms with E-state index in [2.05, 4.69) is 30.1 Å². The van der Waals surface area contributed by atoms with Crippen molar-refractivity contribution in [1.29, 1.82) is 0 Å². The van der Waals surface area contributed by atoms with Crippen LogP contribution in [0.2, 0.25) is 0 Å². The number of rotatable bonds is 10. The fourth-order valence-corrected chi connectivity index (χ4v) is 4.42. The number of aromatic hydroxyl groups is 1. The molecule has 238 valence electrons. The Balaban J connectivity index is 1.76. The highest BCUT2D eigenvalue weighted by Gasteiger charge is 2.53. The van der Waals surface area contributed by atoms with Crippen molar-refractivity contribution in [2.75, 3.05) is 42.6 Å². The van der Waals surface area contributed by atoms with Crippen LogP contribution in [-0.4, -0.2) is 73.8 Å². The van der Waals surface area contributed by atoms with Crippen molar-refractivity contribution in [3.8, 4) is 28.7 Å². The van der Waals surface area contributed by atoms with Crippen molar-refractivity contribution in [3.63, 3.8) is 0 Å².